The molecule has 1 aliphatic heterocycles. The van der Waals surface area contributed by atoms with Gasteiger partial charge in [0, 0.05) is 35.8 Å². The number of esters is 1. The number of cyclic esters (lactones) is 1. The highest BCUT2D eigenvalue weighted by molar-refractivity contribution is 6.30. The molecule has 1 heterocycles. The van der Waals surface area contributed by atoms with Gasteiger partial charge in [0.05, 0.1) is 0 Å². The van der Waals surface area contributed by atoms with E-state index in [0.29, 0.717) is 35.7 Å². The van der Waals surface area contributed by atoms with Gasteiger partial charge < -0.3 is 4.74 Å². The van der Waals surface area contributed by atoms with Crippen LogP contribution in [0.15, 0.2) is 59.6 Å². The van der Waals surface area contributed by atoms with E-state index in [0.717, 1.165) is 18.4 Å². The zero-order valence-corrected chi connectivity index (χ0v) is 15.6. The first-order valence-corrected chi connectivity index (χ1v) is 9.58. The third kappa shape index (κ3) is 3.54. The fourth-order valence-electron chi connectivity index (χ4n) is 4.00. The van der Waals surface area contributed by atoms with E-state index in [9.17, 15) is 9.59 Å². The second-order valence-corrected chi connectivity index (χ2v) is 7.67. The number of ether oxygens (including phenoxy) is 1. The number of carbonyl (C=O) groups excluding carboxylic acids is 2. The van der Waals surface area contributed by atoms with Crippen LogP contribution in [0.4, 0.5) is 0 Å². The van der Waals surface area contributed by atoms with Crippen molar-refractivity contribution in [1.29, 1.82) is 0 Å². The molecule has 0 aromatic heterocycles. The van der Waals surface area contributed by atoms with Crippen molar-refractivity contribution < 1.29 is 14.3 Å². The minimum Gasteiger partial charge on any atom is -0.405 e. The summed E-state index contributed by atoms with van der Waals surface area (Å²) in [5.74, 6) is -0.000454. The average Bonchev–Trinajstić information content (AvgIpc) is 3.00. The van der Waals surface area contributed by atoms with Crippen molar-refractivity contribution in [2.24, 2.45) is 10.9 Å². The standard InChI is InChI=1S/C22H20ClNO3/c23-18-11-9-16(10-12-18)20-24-22(21(26)27-20,14-15-5-2-1-3-6-15)17-7-4-8-19(25)13-17/h1-3,5-6,9-12,17H,4,7-8,13-14H2/t17-,22+/m0/s1. The molecule has 0 radical (unpaired) electrons. The molecule has 2 aliphatic rings. The highest BCUT2D eigenvalue weighted by Gasteiger charge is 2.52. The van der Waals surface area contributed by atoms with E-state index in [-0.39, 0.29) is 17.7 Å². The van der Waals surface area contributed by atoms with E-state index >= 15 is 0 Å². The van der Waals surface area contributed by atoms with Gasteiger partial charge in [-0.3, -0.25) is 4.79 Å². The number of aliphatic imine (C=N–C) groups is 1. The molecule has 138 valence electrons. The van der Waals surface area contributed by atoms with Crippen molar-refractivity contribution in [2.45, 2.75) is 37.6 Å². The van der Waals surface area contributed by atoms with Crippen LogP contribution in [0, 0.1) is 5.92 Å². The normalized spacial score (nSPS) is 25.2. The third-order valence-electron chi connectivity index (χ3n) is 5.41. The maximum absolute atomic E-state index is 13.1. The monoisotopic (exact) mass is 381 g/mol. The summed E-state index contributed by atoms with van der Waals surface area (Å²) in [6.45, 7) is 0. The smallest absolute Gasteiger partial charge is 0.341 e. The average molecular weight is 382 g/mol. The molecule has 0 saturated heterocycles. The topological polar surface area (TPSA) is 55.7 Å². The van der Waals surface area contributed by atoms with E-state index in [2.05, 4.69) is 0 Å². The van der Waals surface area contributed by atoms with Crippen molar-refractivity contribution >= 4 is 29.3 Å². The molecule has 1 aliphatic carbocycles. The van der Waals surface area contributed by atoms with Gasteiger partial charge in [0.15, 0.2) is 5.54 Å². The Kier molecular flexibility index (Phi) is 4.83. The highest BCUT2D eigenvalue weighted by atomic mass is 35.5. The minimum absolute atomic E-state index is 0.142. The van der Waals surface area contributed by atoms with Gasteiger partial charge in [0.2, 0.25) is 5.90 Å². The predicted molar refractivity (Wildman–Crippen MR) is 104 cm³/mol. The third-order valence-corrected chi connectivity index (χ3v) is 5.66. The number of benzene rings is 2. The first-order chi connectivity index (χ1) is 13.1. The van der Waals surface area contributed by atoms with Gasteiger partial charge in [0.25, 0.3) is 0 Å². The van der Waals surface area contributed by atoms with Crippen LogP contribution in [0.25, 0.3) is 0 Å². The minimum atomic E-state index is -1.05. The van der Waals surface area contributed by atoms with Crippen molar-refractivity contribution in [3.8, 4) is 0 Å². The SMILES string of the molecule is O=C1CCC[C@H]([C@@]2(Cc3ccccc3)N=C(c3ccc(Cl)cc3)OC2=O)C1. The Hall–Kier alpha value is -2.46. The first kappa shape index (κ1) is 17.9. The summed E-state index contributed by atoms with van der Waals surface area (Å²) in [6.07, 6.45) is 2.98. The van der Waals surface area contributed by atoms with Crippen LogP contribution in [0.5, 0.6) is 0 Å². The Balaban J connectivity index is 1.75. The molecule has 0 bridgehead atoms. The molecule has 4 rings (SSSR count). The Bertz CT molecular complexity index is 892. The molecule has 1 fully saturated rings. The molecule has 5 heteroatoms. The van der Waals surface area contributed by atoms with Crippen LogP contribution in [0.1, 0.15) is 36.8 Å². The van der Waals surface area contributed by atoms with E-state index in [1.54, 1.807) is 24.3 Å². The lowest BCUT2D eigenvalue weighted by Crippen LogP contribution is -2.46. The summed E-state index contributed by atoms with van der Waals surface area (Å²) < 4.78 is 5.62. The fourth-order valence-corrected chi connectivity index (χ4v) is 4.12. The van der Waals surface area contributed by atoms with E-state index in [1.807, 2.05) is 30.3 Å². The van der Waals surface area contributed by atoms with Crippen molar-refractivity contribution in [2.75, 3.05) is 0 Å². The zero-order chi connectivity index (χ0) is 18.9. The van der Waals surface area contributed by atoms with Crippen LogP contribution in [-0.4, -0.2) is 23.2 Å². The number of nitrogens with zero attached hydrogens (tertiary/aromatic N) is 1. The number of carbonyl (C=O) groups is 2. The van der Waals surface area contributed by atoms with Gasteiger partial charge in [-0.05, 0) is 42.7 Å². The summed E-state index contributed by atoms with van der Waals surface area (Å²) in [7, 11) is 0. The summed E-state index contributed by atoms with van der Waals surface area (Å²) in [6, 6.07) is 16.9. The van der Waals surface area contributed by atoms with Crippen LogP contribution in [0.2, 0.25) is 5.02 Å². The molecule has 0 N–H and O–H groups in total. The lowest BCUT2D eigenvalue weighted by atomic mass is 9.72. The Morgan fingerprint density at radius 1 is 1.07 bits per heavy atom. The summed E-state index contributed by atoms with van der Waals surface area (Å²) in [5, 5.41) is 0.608. The Morgan fingerprint density at radius 2 is 1.81 bits per heavy atom. The van der Waals surface area contributed by atoms with Crippen molar-refractivity contribution in [3.05, 3.63) is 70.7 Å². The van der Waals surface area contributed by atoms with Crippen molar-refractivity contribution in [3.63, 3.8) is 0 Å². The number of rotatable bonds is 4. The maximum Gasteiger partial charge on any atom is 0.341 e. The molecule has 4 nitrogen and oxygen atoms in total. The summed E-state index contributed by atoms with van der Waals surface area (Å²) >= 11 is 5.96. The zero-order valence-electron chi connectivity index (χ0n) is 14.9. The van der Waals surface area contributed by atoms with Gasteiger partial charge >= 0.3 is 5.97 Å². The second kappa shape index (κ2) is 7.28. The number of hydrogen-bond acceptors (Lipinski definition) is 4. The van der Waals surface area contributed by atoms with Crippen LogP contribution < -0.4 is 0 Å². The highest BCUT2D eigenvalue weighted by Crippen LogP contribution is 2.41. The molecule has 0 unspecified atom stereocenters. The van der Waals surface area contributed by atoms with Gasteiger partial charge in [0.1, 0.15) is 5.78 Å². The molecule has 2 atom stereocenters. The van der Waals surface area contributed by atoms with E-state index in [1.165, 1.54) is 0 Å². The lowest BCUT2D eigenvalue weighted by molar-refractivity contribution is -0.142. The summed E-state index contributed by atoms with van der Waals surface area (Å²) in [4.78, 5) is 30.0. The molecule has 27 heavy (non-hydrogen) atoms. The molecule has 0 amide bonds. The molecular formula is C22H20ClNO3. The Labute approximate surface area is 163 Å². The van der Waals surface area contributed by atoms with Crippen molar-refractivity contribution in [1.82, 2.24) is 0 Å². The molecule has 1 saturated carbocycles. The maximum atomic E-state index is 13.1. The molecule has 2 aromatic rings. The van der Waals surface area contributed by atoms with E-state index in [4.69, 9.17) is 21.3 Å². The van der Waals surface area contributed by atoms with Crippen LogP contribution in [0.3, 0.4) is 0 Å². The fraction of sp³-hybridized carbons (Fsp3) is 0.318. The second-order valence-electron chi connectivity index (χ2n) is 7.23. The predicted octanol–water partition coefficient (Wildman–Crippen LogP) is 4.38. The first-order valence-electron chi connectivity index (χ1n) is 9.20. The van der Waals surface area contributed by atoms with Gasteiger partial charge in [-0.1, -0.05) is 41.9 Å². The summed E-state index contributed by atoms with van der Waals surface area (Å²) in [5.41, 5.74) is 0.672. The largest absolute Gasteiger partial charge is 0.405 e. The number of halogens is 1. The Morgan fingerprint density at radius 3 is 2.52 bits per heavy atom. The lowest BCUT2D eigenvalue weighted by Gasteiger charge is -2.33. The van der Waals surface area contributed by atoms with Crippen LogP contribution >= 0.6 is 11.6 Å². The molecular weight excluding hydrogens is 362 g/mol. The molecule has 2 aromatic carbocycles. The van der Waals surface area contributed by atoms with Crippen LogP contribution in [-0.2, 0) is 20.7 Å². The quantitative estimate of drug-likeness (QED) is 0.738. The number of ketones is 1. The number of hydrogen-bond donors (Lipinski definition) is 0. The molecule has 0 spiro atoms. The van der Waals surface area contributed by atoms with E-state index < -0.39 is 5.54 Å². The number of Topliss-reactive ketones (excluding diaryl/α,β-unsaturated/α-hetero) is 1. The van der Waals surface area contributed by atoms with Gasteiger partial charge in [-0.15, -0.1) is 0 Å². The van der Waals surface area contributed by atoms with Gasteiger partial charge in [-0.2, -0.15) is 0 Å². The van der Waals surface area contributed by atoms with Gasteiger partial charge in [-0.25, -0.2) is 9.79 Å².